The molecule has 0 radical (unpaired) electrons. The molecule has 2 rings (SSSR count). The van der Waals surface area contributed by atoms with E-state index >= 15 is 0 Å². The van der Waals surface area contributed by atoms with Crippen molar-refractivity contribution in [2.75, 3.05) is 5.32 Å². The number of hydrogen-bond acceptors (Lipinski definition) is 3. The SMILES string of the molecule is O=C(/C=C/c1cccc(CNc2ccc(F)cc2)c1)NO. The van der Waals surface area contributed by atoms with Crippen LogP contribution in [0.4, 0.5) is 10.1 Å². The Hall–Kier alpha value is -2.66. The lowest BCUT2D eigenvalue weighted by Gasteiger charge is -2.07. The summed E-state index contributed by atoms with van der Waals surface area (Å²) < 4.78 is 12.8. The number of anilines is 1. The van der Waals surface area contributed by atoms with Crippen LogP contribution in [0.3, 0.4) is 0 Å². The number of amides is 1. The normalized spacial score (nSPS) is 10.6. The summed E-state index contributed by atoms with van der Waals surface area (Å²) in [4.78, 5) is 10.9. The number of hydroxylamine groups is 1. The third-order valence-electron chi connectivity index (χ3n) is 2.83. The molecule has 2 aromatic rings. The van der Waals surface area contributed by atoms with Gasteiger partial charge in [0, 0.05) is 18.3 Å². The molecule has 4 nitrogen and oxygen atoms in total. The van der Waals surface area contributed by atoms with E-state index in [4.69, 9.17) is 5.21 Å². The third kappa shape index (κ3) is 4.74. The Morgan fingerprint density at radius 1 is 1.19 bits per heavy atom. The molecule has 0 saturated heterocycles. The zero-order chi connectivity index (χ0) is 15.1. The molecule has 0 unspecified atom stereocenters. The van der Waals surface area contributed by atoms with Crippen molar-refractivity contribution in [3.8, 4) is 0 Å². The van der Waals surface area contributed by atoms with Crippen LogP contribution in [-0.2, 0) is 11.3 Å². The van der Waals surface area contributed by atoms with Gasteiger partial charge in [0.15, 0.2) is 0 Å². The molecule has 3 N–H and O–H groups in total. The fourth-order valence-corrected chi connectivity index (χ4v) is 1.79. The van der Waals surface area contributed by atoms with Gasteiger partial charge in [0.25, 0.3) is 5.91 Å². The second kappa shape index (κ2) is 7.21. The molecule has 0 aliphatic heterocycles. The number of rotatable bonds is 5. The van der Waals surface area contributed by atoms with Gasteiger partial charge in [0.1, 0.15) is 5.82 Å². The van der Waals surface area contributed by atoms with Crippen LogP contribution in [0, 0.1) is 5.82 Å². The number of carbonyl (C=O) groups excluding carboxylic acids is 1. The highest BCUT2D eigenvalue weighted by Gasteiger charge is 1.97. The van der Waals surface area contributed by atoms with Crippen molar-refractivity contribution in [2.45, 2.75) is 6.54 Å². The number of benzene rings is 2. The summed E-state index contributed by atoms with van der Waals surface area (Å²) in [5, 5.41) is 11.6. The molecule has 1 amide bonds. The number of halogens is 1. The minimum atomic E-state index is -0.579. The molecular formula is C16H15FN2O2. The zero-order valence-electron chi connectivity index (χ0n) is 11.2. The van der Waals surface area contributed by atoms with E-state index in [-0.39, 0.29) is 5.82 Å². The van der Waals surface area contributed by atoms with Crippen molar-refractivity contribution in [1.29, 1.82) is 0 Å². The Morgan fingerprint density at radius 3 is 2.67 bits per heavy atom. The average molecular weight is 286 g/mol. The molecule has 0 spiro atoms. The Morgan fingerprint density at radius 2 is 1.95 bits per heavy atom. The Labute approximate surface area is 121 Å². The van der Waals surface area contributed by atoms with E-state index in [1.54, 1.807) is 18.2 Å². The lowest BCUT2D eigenvalue weighted by molar-refractivity contribution is -0.124. The van der Waals surface area contributed by atoms with Crippen LogP contribution in [0.1, 0.15) is 11.1 Å². The number of hydrogen-bond donors (Lipinski definition) is 3. The maximum atomic E-state index is 12.8. The predicted octanol–water partition coefficient (Wildman–Crippen LogP) is 2.96. The van der Waals surface area contributed by atoms with E-state index in [1.165, 1.54) is 23.7 Å². The molecule has 0 bridgehead atoms. The fourth-order valence-electron chi connectivity index (χ4n) is 1.79. The van der Waals surface area contributed by atoms with E-state index in [9.17, 15) is 9.18 Å². The smallest absolute Gasteiger partial charge is 0.267 e. The van der Waals surface area contributed by atoms with Crippen molar-refractivity contribution < 1.29 is 14.4 Å². The monoisotopic (exact) mass is 286 g/mol. The first-order valence-corrected chi connectivity index (χ1v) is 6.38. The van der Waals surface area contributed by atoms with Crippen LogP contribution >= 0.6 is 0 Å². The number of nitrogens with one attached hydrogen (secondary N) is 2. The first kappa shape index (κ1) is 14.7. The molecule has 0 fully saturated rings. The first-order chi connectivity index (χ1) is 10.2. The summed E-state index contributed by atoms with van der Waals surface area (Å²) in [5.41, 5.74) is 4.23. The van der Waals surface area contributed by atoms with Gasteiger partial charge in [-0.3, -0.25) is 10.0 Å². The van der Waals surface area contributed by atoms with Crippen LogP contribution < -0.4 is 10.8 Å². The molecular weight excluding hydrogens is 271 g/mol. The van der Waals surface area contributed by atoms with Crippen molar-refractivity contribution in [1.82, 2.24) is 5.48 Å². The summed E-state index contributed by atoms with van der Waals surface area (Å²) in [6.45, 7) is 0.583. The van der Waals surface area contributed by atoms with Gasteiger partial charge in [0.2, 0.25) is 0 Å². The lowest BCUT2D eigenvalue weighted by atomic mass is 10.1. The van der Waals surface area contributed by atoms with Crippen molar-refractivity contribution in [3.63, 3.8) is 0 Å². The second-order valence-corrected chi connectivity index (χ2v) is 4.41. The van der Waals surface area contributed by atoms with Gasteiger partial charge in [-0.15, -0.1) is 0 Å². The Kier molecular flexibility index (Phi) is 5.06. The Balaban J connectivity index is 1.99. The summed E-state index contributed by atoms with van der Waals surface area (Å²) in [5.74, 6) is -0.848. The van der Waals surface area contributed by atoms with E-state index in [1.807, 2.05) is 24.3 Å². The molecule has 0 aliphatic rings. The molecule has 108 valence electrons. The highest BCUT2D eigenvalue weighted by Crippen LogP contribution is 2.12. The maximum absolute atomic E-state index is 12.8. The molecule has 0 atom stereocenters. The highest BCUT2D eigenvalue weighted by molar-refractivity contribution is 5.90. The first-order valence-electron chi connectivity index (χ1n) is 6.38. The van der Waals surface area contributed by atoms with Crippen LogP contribution in [0.15, 0.2) is 54.6 Å². The van der Waals surface area contributed by atoms with Gasteiger partial charge in [-0.2, -0.15) is 0 Å². The summed E-state index contributed by atoms with van der Waals surface area (Å²) in [7, 11) is 0. The van der Waals surface area contributed by atoms with E-state index in [0.717, 1.165) is 16.8 Å². The van der Waals surface area contributed by atoms with Gasteiger partial charge >= 0.3 is 0 Å². The zero-order valence-corrected chi connectivity index (χ0v) is 11.2. The molecule has 0 heterocycles. The van der Waals surface area contributed by atoms with Gasteiger partial charge in [-0.05, 0) is 47.5 Å². The summed E-state index contributed by atoms with van der Waals surface area (Å²) >= 11 is 0. The van der Waals surface area contributed by atoms with Gasteiger partial charge < -0.3 is 5.32 Å². The van der Waals surface area contributed by atoms with Gasteiger partial charge in [-0.25, -0.2) is 9.87 Å². The van der Waals surface area contributed by atoms with Gasteiger partial charge in [0.05, 0.1) is 0 Å². The van der Waals surface area contributed by atoms with E-state index in [2.05, 4.69) is 5.32 Å². The molecule has 21 heavy (non-hydrogen) atoms. The van der Waals surface area contributed by atoms with Crippen molar-refractivity contribution in [2.24, 2.45) is 0 Å². The summed E-state index contributed by atoms with van der Waals surface area (Å²) in [6, 6.07) is 13.7. The van der Waals surface area contributed by atoms with Crippen LogP contribution in [0.5, 0.6) is 0 Å². The van der Waals surface area contributed by atoms with Crippen molar-refractivity contribution >= 4 is 17.7 Å². The van der Waals surface area contributed by atoms with Gasteiger partial charge in [-0.1, -0.05) is 18.2 Å². The molecule has 2 aromatic carbocycles. The lowest BCUT2D eigenvalue weighted by Crippen LogP contribution is -2.14. The molecule has 5 heteroatoms. The molecule has 0 saturated carbocycles. The average Bonchev–Trinajstić information content (AvgIpc) is 2.52. The second-order valence-electron chi connectivity index (χ2n) is 4.41. The topological polar surface area (TPSA) is 61.4 Å². The third-order valence-corrected chi connectivity index (χ3v) is 2.83. The molecule has 0 aromatic heterocycles. The largest absolute Gasteiger partial charge is 0.381 e. The highest BCUT2D eigenvalue weighted by atomic mass is 19.1. The van der Waals surface area contributed by atoms with Crippen LogP contribution in [0.25, 0.3) is 6.08 Å². The standard InChI is InChI=1S/C16H15FN2O2/c17-14-5-7-15(8-6-14)18-11-13-3-1-2-12(10-13)4-9-16(20)19-21/h1-10,18,21H,11H2,(H,19,20)/b9-4+. The van der Waals surface area contributed by atoms with Crippen LogP contribution in [-0.4, -0.2) is 11.1 Å². The summed E-state index contributed by atoms with van der Waals surface area (Å²) in [6.07, 6.45) is 2.85. The quantitative estimate of drug-likeness (QED) is 0.450. The predicted molar refractivity (Wildman–Crippen MR) is 79.1 cm³/mol. The van der Waals surface area contributed by atoms with Crippen LogP contribution in [0.2, 0.25) is 0 Å². The van der Waals surface area contributed by atoms with E-state index < -0.39 is 5.91 Å². The fraction of sp³-hybridized carbons (Fsp3) is 0.0625. The number of carbonyl (C=O) groups is 1. The Bertz CT molecular complexity index is 639. The van der Waals surface area contributed by atoms with Crippen molar-refractivity contribution in [3.05, 3.63) is 71.6 Å². The van der Waals surface area contributed by atoms with E-state index in [0.29, 0.717) is 6.54 Å². The maximum Gasteiger partial charge on any atom is 0.267 e. The minimum absolute atomic E-state index is 0.269. The molecule has 0 aliphatic carbocycles. The minimum Gasteiger partial charge on any atom is -0.381 e.